The number of pyridine rings is 2. The minimum Gasteiger partial charge on any atom is -0.351 e. The van der Waals surface area contributed by atoms with Crippen LogP contribution in [-0.2, 0) is 6.42 Å². The molecule has 0 aliphatic carbocycles. The number of benzene rings is 1. The Balaban J connectivity index is 1.65. The second kappa shape index (κ2) is 8.32. The predicted molar refractivity (Wildman–Crippen MR) is 127 cm³/mol. The standard InChI is InChI=1S/C25H23N5S/c1-2-18-8-10-20(11-9-18)30-24(23(28-25(30)31)21-6-3-4-14-27-21)22-7-5-17-29(22)19-12-15-26-16-13-19/h3-17,23-24H,2H2,1H3,(H,28,31). The number of nitrogens with one attached hydrogen (secondary N) is 1. The van der Waals surface area contributed by atoms with Crippen LogP contribution in [-0.4, -0.2) is 19.6 Å². The van der Waals surface area contributed by atoms with Gasteiger partial charge in [0.1, 0.15) is 6.04 Å². The molecule has 1 fully saturated rings. The molecule has 1 aliphatic heterocycles. The number of aryl methyl sites for hydroxylation is 1. The lowest BCUT2D eigenvalue weighted by atomic mass is 10.0. The van der Waals surface area contributed by atoms with Crippen molar-refractivity contribution in [1.82, 2.24) is 19.9 Å². The highest BCUT2D eigenvalue weighted by Gasteiger charge is 2.42. The molecule has 5 nitrogen and oxygen atoms in total. The highest BCUT2D eigenvalue weighted by molar-refractivity contribution is 7.80. The molecule has 0 spiro atoms. The number of hydrogen-bond acceptors (Lipinski definition) is 3. The second-order valence-electron chi connectivity index (χ2n) is 7.53. The third-order valence-electron chi connectivity index (χ3n) is 5.75. The lowest BCUT2D eigenvalue weighted by Gasteiger charge is -2.29. The van der Waals surface area contributed by atoms with Crippen LogP contribution >= 0.6 is 12.2 Å². The number of aromatic nitrogens is 3. The van der Waals surface area contributed by atoms with Crippen LogP contribution in [0, 0.1) is 0 Å². The Kier molecular flexibility index (Phi) is 5.22. The molecule has 3 aromatic heterocycles. The average molecular weight is 426 g/mol. The van der Waals surface area contributed by atoms with Crippen LogP contribution in [0.5, 0.6) is 0 Å². The van der Waals surface area contributed by atoms with E-state index in [2.05, 4.69) is 80.3 Å². The minimum atomic E-state index is -0.0740. The van der Waals surface area contributed by atoms with E-state index in [9.17, 15) is 0 Å². The molecule has 1 aliphatic rings. The Labute approximate surface area is 187 Å². The summed E-state index contributed by atoms with van der Waals surface area (Å²) in [6.45, 7) is 2.17. The molecule has 0 radical (unpaired) electrons. The Morgan fingerprint density at radius 3 is 2.42 bits per heavy atom. The summed E-state index contributed by atoms with van der Waals surface area (Å²) >= 11 is 5.84. The van der Waals surface area contributed by atoms with Crippen molar-refractivity contribution in [2.24, 2.45) is 0 Å². The summed E-state index contributed by atoms with van der Waals surface area (Å²) < 4.78 is 2.20. The molecular weight excluding hydrogens is 402 g/mol. The fraction of sp³-hybridized carbons (Fsp3) is 0.160. The molecule has 6 heteroatoms. The first-order valence-electron chi connectivity index (χ1n) is 10.4. The molecule has 4 aromatic rings. The van der Waals surface area contributed by atoms with Crippen molar-refractivity contribution in [3.05, 3.63) is 108 Å². The Morgan fingerprint density at radius 1 is 0.903 bits per heavy atom. The van der Waals surface area contributed by atoms with Crippen molar-refractivity contribution in [2.45, 2.75) is 25.4 Å². The molecule has 0 bridgehead atoms. The topological polar surface area (TPSA) is 46.0 Å². The van der Waals surface area contributed by atoms with Crippen molar-refractivity contribution < 1.29 is 0 Å². The molecule has 0 saturated carbocycles. The highest BCUT2D eigenvalue weighted by atomic mass is 32.1. The van der Waals surface area contributed by atoms with Gasteiger partial charge in [0.2, 0.25) is 0 Å². The van der Waals surface area contributed by atoms with E-state index in [1.807, 2.05) is 42.9 Å². The molecule has 154 valence electrons. The largest absolute Gasteiger partial charge is 0.351 e. The maximum absolute atomic E-state index is 5.84. The summed E-state index contributed by atoms with van der Waals surface area (Å²) in [5, 5.41) is 4.23. The van der Waals surface area contributed by atoms with Crippen LogP contribution in [0.25, 0.3) is 5.69 Å². The maximum Gasteiger partial charge on any atom is 0.174 e. The van der Waals surface area contributed by atoms with E-state index in [1.165, 1.54) is 5.56 Å². The van der Waals surface area contributed by atoms with E-state index in [4.69, 9.17) is 12.2 Å². The number of hydrogen-bond donors (Lipinski definition) is 1. The molecule has 1 N–H and O–H groups in total. The van der Waals surface area contributed by atoms with Gasteiger partial charge in [0.25, 0.3) is 0 Å². The molecular formula is C25H23N5S. The zero-order valence-corrected chi connectivity index (χ0v) is 18.0. The third kappa shape index (κ3) is 3.59. The lowest BCUT2D eigenvalue weighted by molar-refractivity contribution is 0.549. The van der Waals surface area contributed by atoms with Gasteiger partial charge in [-0.05, 0) is 72.7 Å². The summed E-state index contributed by atoms with van der Waals surface area (Å²) in [7, 11) is 0. The molecule has 0 amide bonds. The Morgan fingerprint density at radius 2 is 1.71 bits per heavy atom. The molecule has 4 heterocycles. The van der Waals surface area contributed by atoms with Gasteiger partial charge < -0.3 is 14.8 Å². The van der Waals surface area contributed by atoms with Crippen LogP contribution in [0.2, 0.25) is 0 Å². The van der Waals surface area contributed by atoms with Crippen molar-refractivity contribution >= 4 is 23.0 Å². The third-order valence-corrected chi connectivity index (χ3v) is 6.06. The molecule has 31 heavy (non-hydrogen) atoms. The molecule has 5 rings (SSSR count). The zero-order valence-electron chi connectivity index (χ0n) is 17.2. The summed E-state index contributed by atoms with van der Waals surface area (Å²) in [6, 6.07) is 22.8. The highest BCUT2D eigenvalue weighted by Crippen LogP contribution is 2.42. The smallest absolute Gasteiger partial charge is 0.174 e. The zero-order chi connectivity index (χ0) is 21.2. The van der Waals surface area contributed by atoms with Crippen molar-refractivity contribution in [1.29, 1.82) is 0 Å². The van der Waals surface area contributed by atoms with Gasteiger partial charge in [-0.2, -0.15) is 0 Å². The van der Waals surface area contributed by atoms with E-state index in [-0.39, 0.29) is 12.1 Å². The number of thiocarbonyl (C=S) groups is 1. The minimum absolute atomic E-state index is 0.0574. The normalized spacial score (nSPS) is 18.2. The van der Waals surface area contributed by atoms with E-state index in [0.717, 1.165) is 29.2 Å². The van der Waals surface area contributed by atoms with Gasteiger partial charge in [0.05, 0.1) is 11.7 Å². The monoisotopic (exact) mass is 425 g/mol. The number of anilines is 1. The summed E-state index contributed by atoms with van der Waals surface area (Å²) in [5.41, 5.74) is 5.54. The van der Waals surface area contributed by atoms with E-state index in [1.54, 1.807) is 0 Å². The van der Waals surface area contributed by atoms with Gasteiger partial charge in [-0.25, -0.2) is 0 Å². The first-order valence-corrected chi connectivity index (χ1v) is 10.8. The molecule has 2 unspecified atom stereocenters. The van der Waals surface area contributed by atoms with Crippen molar-refractivity contribution in [3.63, 3.8) is 0 Å². The second-order valence-corrected chi connectivity index (χ2v) is 7.91. The SMILES string of the molecule is CCc1ccc(N2C(=S)NC(c3ccccn3)C2c2cccn2-c2ccncc2)cc1. The van der Waals surface area contributed by atoms with Crippen LogP contribution in [0.15, 0.2) is 91.5 Å². The van der Waals surface area contributed by atoms with E-state index < -0.39 is 0 Å². The fourth-order valence-corrected chi connectivity index (χ4v) is 4.55. The summed E-state index contributed by atoms with van der Waals surface area (Å²) in [4.78, 5) is 11.0. The molecule has 2 atom stereocenters. The lowest BCUT2D eigenvalue weighted by Crippen LogP contribution is -2.30. The van der Waals surface area contributed by atoms with E-state index >= 15 is 0 Å². The van der Waals surface area contributed by atoms with Gasteiger partial charge in [0, 0.05) is 41.9 Å². The Hall–Kier alpha value is -3.51. The van der Waals surface area contributed by atoms with Crippen LogP contribution < -0.4 is 10.2 Å². The average Bonchev–Trinajstić information content (AvgIpc) is 3.44. The van der Waals surface area contributed by atoms with Crippen LogP contribution in [0.3, 0.4) is 0 Å². The number of rotatable bonds is 5. The van der Waals surface area contributed by atoms with Crippen molar-refractivity contribution in [2.75, 3.05) is 4.90 Å². The van der Waals surface area contributed by atoms with E-state index in [0.29, 0.717) is 5.11 Å². The maximum atomic E-state index is 5.84. The fourth-order valence-electron chi connectivity index (χ4n) is 4.20. The molecule has 1 aromatic carbocycles. The van der Waals surface area contributed by atoms with Gasteiger partial charge in [-0.1, -0.05) is 25.1 Å². The summed E-state index contributed by atoms with van der Waals surface area (Å²) in [6.07, 6.45) is 8.55. The Bertz CT molecular complexity index is 1170. The number of nitrogens with zero attached hydrogens (tertiary/aromatic N) is 4. The summed E-state index contributed by atoms with van der Waals surface area (Å²) in [5.74, 6) is 0. The van der Waals surface area contributed by atoms with Crippen molar-refractivity contribution in [3.8, 4) is 5.69 Å². The van der Waals surface area contributed by atoms with Crippen LogP contribution in [0.4, 0.5) is 5.69 Å². The predicted octanol–water partition coefficient (Wildman–Crippen LogP) is 5.01. The van der Waals surface area contributed by atoms with Gasteiger partial charge in [-0.3, -0.25) is 9.97 Å². The van der Waals surface area contributed by atoms with Gasteiger partial charge >= 0.3 is 0 Å². The van der Waals surface area contributed by atoms with Gasteiger partial charge in [0.15, 0.2) is 5.11 Å². The van der Waals surface area contributed by atoms with Crippen LogP contribution in [0.1, 0.15) is 36.0 Å². The van der Waals surface area contributed by atoms with Gasteiger partial charge in [-0.15, -0.1) is 0 Å². The first-order chi connectivity index (χ1) is 15.3. The molecule has 1 saturated heterocycles. The first kappa shape index (κ1) is 19.5. The quantitative estimate of drug-likeness (QED) is 0.456.